The highest BCUT2D eigenvalue weighted by Gasteiger charge is 2.12. The fourth-order valence-electron chi connectivity index (χ4n) is 1.90. The molecule has 23 heavy (non-hydrogen) atoms. The Bertz CT molecular complexity index is 685. The number of aliphatic carboxylic acids is 1. The van der Waals surface area contributed by atoms with Crippen molar-refractivity contribution >= 4 is 52.4 Å². The lowest BCUT2D eigenvalue weighted by molar-refractivity contribution is -0.136. The average Bonchev–Trinajstić information content (AvgIpc) is 3.00. The zero-order valence-electron chi connectivity index (χ0n) is 12.6. The summed E-state index contributed by atoms with van der Waals surface area (Å²) in [6.07, 6.45) is 2.12. The van der Waals surface area contributed by atoms with E-state index in [1.54, 1.807) is 23.5 Å². The molecular formula is C16H17NO3S3. The molecule has 0 spiro atoms. The van der Waals surface area contributed by atoms with Gasteiger partial charge in [0.1, 0.15) is 4.88 Å². The van der Waals surface area contributed by atoms with Crippen LogP contribution in [0.5, 0.6) is 0 Å². The second-order valence-corrected chi connectivity index (χ2v) is 7.54. The maximum atomic E-state index is 12.3. The Kier molecular flexibility index (Phi) is 7.01. The van der Waals surface area contributed by atoms with Crippen LogP contribution >= 0.6 is 34.9 Å². The predicted molar refractivity (Wildman–Crippen MR) is 98.9 cm³/mol. The average molecular weight is 368 g/mol. The quantitative estimate of drug-likeness (QED) is 0.534. The van der Waals surface area contributed by atoms with Gasteiger partial charge in [0.15, 0.2) is 0 Å². The van der Waals surface area contributed by atoms with Crippen molar-refractivity contribution in [2.75, 3.05) is 17.3 Å². The molecule has 1 amide bonds. The zero-order chi connectivity index (χ0) is 16.7. The van der Waals surface area contributed by atoms with E-state index in [1.807, 2.05) is 42.0 Å². The molecule has 0 aliphatic rings. The Morgan fingerprint density at radius 1 is 1.30 bits per heavy atom. The van der Waals surface area contributed by atoms with Crippen molar-refractivity contribution in [3.05, 3.63) is 46.2 Å². The molecule has 1 heterocycles. The lowest BCUT2D eigenvalue weighted by atomic mass is 10.2. The molecule has 2 rings (SSSR count). The van der Waals surface area contributed by atoms with Crippen molar-refractivity contribution < 1.29 is 14.7 Å². The van der Waals surface area contributed by atoms with Gasteiger partial charge in [0.05, 0.1) is 6.42 Å². The van der Waals surface area contributed by atoms with Crippen LogP contribution in [0, 0.1) is 0 Å². The van der Waals surface area contributed by atoms with Gasteiger partial charge in [-0.25, -0.2) is 0 Å². The van der Waals surface area contributed by atoms with Crippen LogP contribution in [0.2, 0.25) is 0 Å². The minimum atomic E-state index is -0.779. The molecule has 0 fully saturated rings. The summed E-state index contributed by atoms with van der Waals surface area (Å²) < 4.78 is 0. The van der Waals surface area contributed by atoms with Gasteiger partial charge in [-0.3, -0.25) is 9.59 Å². The first kappa shape index (κ1) is 17.9. The van der Waals surface area contributed by atoms with Gasteiger partial charge in [-0.15, -0.1) is 23.1 Å². The fraction of sp³-hybridized carbons (Fsp3) is 0.250. The summed E-state index contributed by atoms with van der Waals surface area (Å²) in [6.45, 7) is 0. The van der Waals surface area contributed by atoms with Crippen LogP contribution in [0.25, 0.3) is 0 Å². The SMILES string of the molecule is CSc1ccsc1C(=O)Nc1cccc(CSCCC(=O)O)c1. The molecule has 0 aliphatic heterocycles. The van der Waals surface area contributed by atoms with Crippen LogP contribution in [0.15, 0.2) is 40.6 Å². The summed E-state index contributed by atoms with van der Waals surface area (Å²) in [4.78, 5) is 24.5. The number of thioether (sulfide) groups is 2. The Hall–Kier alpha value is -1.44. The Balaban J connectivity index is 1.94. The minimum absolute atomic E-state index is 0.0972. The summed E-state index contributed by atoms with van der Waals surface area (Å²) in [5.74, 6) is 0.434. The Labute approximate surface area is 147 Å². The maximum absolute atomic E-state index is 12.3. The van der Waals surface area contributed by atoms with Gasteiger partial charge in [0, 0.05) is 22.1 Å². The van der Waals surface area contributed by atoms with Crippen molar-refractivity contribution in [1.29, 1.82) is 0 Å². The molecular weight excluding hydrogens is 350 g/mol. The van der Waals surface area contributed by atoms with Crippen molar-refractivity contribution in [3.8, 4) is 0 Å². The number of hydrogen-bond acceptors (Lipinski definition) is 5. The van der Waals surface area contributed by atoms with E-state index >= 15 is 0 Å². The molecule has 2 N–H and O–H groups in total. The number of nitrogens with one attached hydrogen (secondary N) is 1. The minimum Gasteiger partial charge on any atom is -0.481 e. The third kappa shape index (κ3) is 5.60. The fourth-order valence-corrected chi connectivity index (χ4v) is 4.42. The van der Waals surface area contributed by atoms with Gasteiger partial charge in [-0.2, -0.15) is 11.8 Å². The number of carboxylic acids is 1. The normalized spacial score (nSPS) is 10.5. The monoisotopic (exact) mass is 367 g/mol. The van der Waals surface area contributed by atoms with E-state index in [-0.39, 0.29) is 12.3 Å². The van der Waals surface area contributed by atoms with Crippen molar-refractivity contribution in [2.24, 2.45) is 0 Å². The topological polar surface area (TPSA) is 66.4 Å². The molecule has 0 atom stereocenters. The number of carbonyl (C=O) groups is 2. The molecule has 0 radical (unpaired) electrons. The van der Waals surface area contributed by atoms with Crippen LogP contribution in [0.4, 0.5) is 5.69 Å². The molecule has 0 aliphatic carbocycles. The highest BCUT2D eigenvalue weighted by Crippen LogP contribution is 2.26. The molecule has 0 unspecified atom stereocenters. The van der Waals surface area contributed by atoms with Gasteiger partial charge in [-0.05, 0) is 35.4 Å². The molecule has 122 valence electrons. The van der Waals surface area contributed by atoms with Crippen molar-refractivity contribution in [3.63, 3.8) is 0 Å². The second-order valence-electron chi connectivity index (χ2n) is 4.67. The molecule has 4 nitrogen and oxygen atoms in total. The van der Waals surface area contributed by atoms with Gasteiger partial charge >= 0.3 is 5.97 Å². The van der Waals surface area contributed by atoms with Crippen molar-refractivity contribution in [2.45, 2.75) is 17.1 Å². The van der Waals surface area contributed by atoms with Crippen LogP contribution in [-0.2, 0) is 10.5 Å². The smallest absolute Gasteiger partial charge is 0.304 e. The van der Waals surface area contributed by atoms with Crippen LogP contribution < -0.4 is 5.32 Å². The van der Waals surface area contributed by atoms with E-state index in [4.69, 9.17) is 5.11 Å². The number of benzene rings is 1. The largest absolute Gasteiger partial charge is 0.481 e. The second kappa shape index (κ2) is 9.00. The highest BCUT2D eigenvalue weighted by molar-refractivity contribution is 7.99. The number of carboxylic acid groups (broad SMARTS) is 1. The van der Waals surface area contributed by atoms with E-state index in [0.29, 0.717) is 5.75 Å². The number of rotatable bonds is 8. The van der Waals surface area contributed by atoms with E-state index < -0.39 is 5.97 Å². The lowest BCUT2D eigenvalue weighted by Gasteiger charge is -2.07. The summed E-state index contributed by atoms with van der Waals surface area (Å²) >= 11 is 4.56. The molecule has 0 saturated heterocycles. The third-order valence-corrected chi connectivity index (χ3v) is 5.82. The van der Waals surface area contributed by atoms with Gasteiger partial charge in [-0.1, -0.05) is 12.1 Å². The number of thiophene rings is 1. The van der Waals surface area contributed by atoms with E-state index in [1.165, 1.54) is 11.3 Å². The molecule has 0 bridgehead atoms. The maximum Gasteiger partial charge on any atom is 0.304 e. The van der Waals surface area contributed by atoms with Crippen LogP contribution in [0.3, 0.4) is 0 Å². The molecule has 7 heteroatoms. The molecule has 1 aromatic heterocycles. The standard InChI is InChI=1S/C16H17NO3S3/c1-21-13-5-8-23-15(13)16(20)17-12-4-2-3-11(9-12)10-22-7-6-14(18)19/h2-5,8-9H,6-7,10H2,1H3,(H,17,20)(H,18,19). The Morgan fingerprint density at radius 3 is 2.87 bits per heavy atom. The molecule has 1 aromatic carbocycles. The van der Waals surface area contributed by atoms with Crippen LogP contribution in [-0.4, -0.2) is 29.0 Å². The van der Waals surface area contributed by atoms with Crippen molar-refractivity contribution in [1.82, 2.24) is 0 Å². The molecule has 0 saturated carbocycles. The first-order chi connectivity index (χ1) is 11.1. The summed E-state index contributed by atoms with van der Waals surface area (Å²) in [6, 6.07) is 9.60. The van der Waals surface area contributed by atoms with Crippen LogP contribution in [0.1, 0.15) is 21.7 Å². The van der Waals surface area contributed by atoms with Gasteiger partial charge < -0.3 is 10.4 Å². The Morgan fingerprint density at radius 2 is 2.13 bits per heavy atom. The number of carbonyl (C=O) groups excluding carboxylic acids is 1. The zero-order valence-corrected chi connectivity index (χ0v) is 15.0. The van der Waals surface area contributed by atoms with E-state index in [9.17, 15) is 9.59 Å². The lowest BCUT2D eigenvalue weighted by Crippen LogP contribution is -2.11. The predicted octanol–water partition coefficient (Wildman–Crippen LogP) is 4.43. The van der Waals surface area contributed by atoms with Gasteiger partial charge in [0.2, 0.25) is 0 Å². The summed E-state index contributed by atoms with van der Waals surface area (Å²) in [5.41, 5.74) is 1.82. The number of amides is 1. The highest BCUT2D eigenvalue weighted by atomic mass is 32.2. The number of anilines is 1. The number of hydrogen-bond donors (Lipinski definition) is 2. The molecule has 2 aromatic rings. The van der Waals surface area contributed by atoms with E-state index in [0.717, 1.165) is 26.8 Å². The van der Waals surface area contributed by atoms with Gasteiger partial charge in [0.25, 0.3) is 5.91 Å². The third-order valence-electron chi connectivity index (χ3n) is 2.97. The summed E-state index contributed by atoms with van der Waals surface area (Å²) in [5, 5.41) is 13.5. The first-order valence-corrected chi connectivity index (χ1v) is 10.2. The summed E-state index contributed by atoms with van der Waals surface area (Å²) in [7, 11) is 0. The van der Waals surface area contributed by atoms with E-state index in [2.05, 4.69) is 5.32 Å². The first-order valence-electron chi connectivity index (χ1n) is 6.91.